The SMILES string of the molecule is CC(=O)NC1=CCN(c2ncc3ncnc(Nc4ccc(F)c(Cl)c4)c3n2)C=C1. The van der Waals surface area contributed by atoms with Gasteiger partial charge in [-0.3, -0.25) is 4.79 Å². The van der Waals surface area contributed by atoms with Crippen molar-refractivity contribution in [1.82, 2.24) is 25.3 Å². The number of hydrogen-bond acceptors (Lipinski definition) is 7. The zero-order valence-corrected chi connectivity index (χ0v) is 16.0. The predicted molar refractivity (Wildman–Crippen MR) is 108 cm³/mol. The van der Waals surface area contributed by atoms with Crippen molar-refractivity contribution in [3.05, 3.63) is 65.6 Å². The van der Waals surface area contributed by atoms with Crippen LogP contribution in [0.5, 0.6) is 0 Å². The quantitative estimate of drug-likeness (QED) is 0.679. The third kappa shape index (κ3) is 4.14. The molecular formula is C19H15ClFN7O. The zero-order valence-electron chi connectivity index (χ0n) is 15.2. The molecule has 1 aliphatic rings. The summed E-state index contributed by atoms with van der Waals surface area (Å²) >= 11 is 5.85. The van der Waals surface area contributed by atoms with E-state index in [1.54, 1.807) is 24.5 Å². The van der Waals surface area contributed by atoms with Crippen LogP contribution in [0.25, 0.3) is 11.0 Å². The van der Waals surface area contributed by atoms with Crippen molar-refractivity contribution in [1.29, 1.82) is 0 Å². The Morgan fingerprint density at radius 3 is 2.86 bits per heavy atom. The predicted octanol–water partition coefficient (Wildman–Crippen LogP) is 3.31. The Hall–Kier alpha value is -3.59. The number of benzene rings is 1. The number of halogens is 2. The molecule has 0 radical (unpaired) electrons. The fourth-order valence-corrected chi connectivity index (χ4v) is 2.91. The Balaban J connectivity index is 1.63. The first-order valence-corrected chi connectivity index (χ1v) is 9.00. The summed E-state index contributed by atoms with van der Waals surface area (Å²) < 4.78 is 13.4. The van der Waals surface area contributed by atoms with E-state index in [9.17, 15) is 9.18 Å². The lowest BCUT2D eigenvalue weighted by Gasteiger charge is -2.21. The lowest BCUT2D eigenvalue weighted by atomic mass is 10.3. The largest absolute Gasteiger partial charge is 0.338 e. The van der Waals surface area contributed by atoms with Crippen LogP contribution in [0.2, 0.25) is 5.02 Å². The smallest absolute Gasteiger partial charge is 0.230 e. The molecule has 0 unspecified atom stereocenters. The van der Waals surface area contributed by atoms with E-state index in [4.69, 9.17) is 11.6 Å². The van der Waals surface area contributed by atoms with Crippen molar-refractivity contribution < 1.29 is 9.18 Å². The number of nitrogens with zero attached hydrogens (tertiary/aromatic N) is 5. The van der Waals surface area contributed by atoms with Gasteiger partial charge < -0.3 is 15.5 Å². The highest BCUT2D eigenvalue weighted by Crippen LogP contribution is 2.26. The van der Waals surface area contributed by atoms with Crippen LogP contribution in [0.4, 0.5) is 21.8 Å². The van der Waals surface area contributed by atoms with Crippen LogP contribution >= 0.6 is 11.6 Å². The summed E-state index contributed by atoms with van der Waals surface area (Å²) in [6, 6.07) is 4.29. The number of amides is 1. The summed E-state index contributed by atoms with van der Waals surface area (Å²) in [5.74, 6) is 0.252. The molecule has 0 spiro atoms. The molecule has 0 fully saturated rings. The summed E-state index contributed by atoms with van der Waals surface area (Å²) in [4.78, 5) is 30.3. The van der Waals surface area contributed by atoms with E-state index in [0.29, 0.717) is 40.7 Å². The van der Waals surface area contributed by atoms with E-state index in [-0.39, 0.29) is 10.9 Å². The standard InChI is InChI=1S/C19H15ClFN7O/c1-11(29)25-12-4-6-28(7-5-12)19-22-9-16-17(27-19)18(24-10-23-16)26-13-2-3-15(21)14(20)8-13/h2-6,8-10H,7H2,1H3,(H,25,29)(H,23,24,26). The summed E-state index contributed by atoms with van der Waals surface area (Å²) in [6.45, 7) is 1.94. The van der Waals surface area contributed by atoms with Crippen LogP contribution in [-0.4, -0.2) is 32.4 Å². The molecule has 29 heavy (non-hydrogen) atoms. The Bertz CT molecular complexity index is 1160. The van der Waals surface area contributed by atoms with Crippen molar-refractivity contribution in [2.45, 2.75) is 6.92 Å². The molecule has 10 heteroatoms. The van der Waals surface area contributed by atoms with Crippen molar-refractivity contribution >= 4 is 46.0 Å². The van der Waals surface area contributed by atoms with E-state index >= 15 is 0 Å². The molecule has 4 rings (SSSR count). The van der Waals surface area contributed by atoms with Crippen LogP contribution in [0, 0.1) is 5.82 Å². The van der Waals surface area contributed by atoms with E-state index in [1.165, 1.54) is 25.4 Å². The van der Waals surface area contributed by atoms with Gasteiger partial charge in [-0.25, -0.2) is 24.3 Å². The summed E-state index contributed by atoms with van der Waals surface area (Å²) in [6.07, 6.45) is 8.39. The maximum absolute atomic E-state index is 13.4. The number of carbonyl (C=O) groups is 1. The molecule has 3 aromatic rings. The molecule has 2 N–H and O–H groups in total. The van der Waals surface area contributed by atoms with Gasteiger partial charge >= 0.3 is 0 Å². The van der Waals surface area contributed by atoms with E-state index in [1.807, 2.05) is 11.0 Å². The lowest BCUT2D eigenvalue weighted by Crippen LogP contribution is -2.26. The van der Waals surface area contributed by atoms with Crippen LogP contribution in [0.1, 0.15) is 6.92 Å². The van der Waals surface area contributed by atoms with Crippen molar-refractivity contribution in [3.63, 3.8) is 0 Å². The molecular weight excluding hydrogens is 397 g/mol. The number of allylic oxidation sites excluding steroid dienone is 1. The second-order valence-electron chi connectivity index (χ2n) is 6.19. The van der Waals surface area contributed by atoms with Gasteiger partial charge in [-0.15, -0.1) is 0 Å². The fourth-order valence-electron chi connectivity index (χ4n) is 2.73. The van der Waals surface area contributed by atoms with Gasteiger partial charge in [-0.2, -0.15) is 0 Å². The second kappa shape index (κ2) is 7.80. The number of aromatic nitrogens is 4. The minimum absolute atomic E-state index is 0.00360. The molecule has 2 aromatic heterocycles. The Labute approximate surface area is 170 Å². The first-order valence-electron chi connectivity index (χ1n) is 8.62. The molecule has 1 aliphatic heterocycles. The van der Waals surface area contributed by atoms with Crippen LogP contribution < -0.4 is 15.5 Å². The third-order valence-corrected chi connectivity index (χ3v) is 4.36. The Kier molecular flexibility index (Phi) is 5.05. The summed E-state index contributed by atoms with van der Waals surface area (Å²) in [5, 5.41) is 5.82. The summed E-state index contributed by atoms with van der Waals surface area (Å²) in [7, 11) is 0. The number of carbonyl (C=O) groups excluding carboxylic acids is 1. The minimum Gasteiger partial charge on any atom is -0.338 e. The number of rotatable bonds is 4. The van der Waals surface area contributed by atoms with Crippen molar-refractivity contribution in [2.24, 2.45) is 0 Å². The third-order valence-electron chi connectivity index (χ3n) is 4.07. The molecule has 0 saturated heterocycles. The van der Waals surface area contributed by atoms with Gasteiger partial charge in [-0.1, -0.05) is 11.6 Å². The molecule has 1 aromatic carbocycles. The zero-order chi connectivity index (χ0) is 20.4. The molecule has 3 heterocycles. The topological polar surface area (TPSA) is 95.9 Å². The maximum atomic E-state index is 13.4. The lowest BCUT2D eigenvalue weighted by molar-refractivity contribution is -0.118. The van der Waals surface area contributed by atoms with E-state index < -0.39 is 5.82 Å². The summed E-state index contributed by atoms with van der Waals surface area (Å²) in [5.41, 5.74) is 2.34. The fraction of sp³-hybridized carbons (Fsp3) is 0.105. The number of anilines is 3. The van der Waals surface area contributed by atoms with E-state index in [2.05, 4.69) is 30.6 Å². The normalized spacial score (nSPS) is 13.3. The average Bonchev–Trinajstić information content (AvgIpc) is 2.71. The highest BCUT2D eigenvalue weighted by Gasteiger charge is 2.14. The molecule has 0 bridgehead atoms. The molecule has 1 amide bonds. The van der Waals surface area contributed by atoms with Crippen molar-refractivity contribution in [3.8, 4) is 0 Å². The second-order valence-corrected chi connectivity index (χ2v) is 6.60. The maximum Gasteiger partial charge on any atom is 0.230 e. The highest BCUT2D eigenvalue weighted by molar-refractivity contribution is 6.31. The highest BCUT2D eigenvalue weighted by atomic mass is 35.5. The van der Waals surface area contributed by atoms with Gasteiger partial charge in [0.1, 0.15) is 23.2 Å². The van der Waals surface area contributed by atoms with Gasteiger partial charge in [-0.05, 0) is 30.4 Å². The van der Waals surface area contributed by atoms with Crippen LogP contribution in [0.15, 0.2) is 54.8 Å². The van der Waals surface area contributed by atoms with Gasteiger partial charge in [0.15, 0.2) is 5.82 Å². The molecule has 0 aliphatic carbocycles. The molecule has 146 valence electrons. The molecule has 0 atom stereocenters. The molecule has 8 nitrogen and oxygen atoms in total. The average molecular weight is 412 g/mol. The van der Waals surface area contributed by atoms with Crippen LogP contribution in [-0.2, 0) is 4.79 Å². The number of fused-ring (bicyclic) bond motifs is 1. The first-order chi connectivity index (χ1) is 14.0. The van der Waals surface area contributed by atoms with Crippen molar-refractivity contribution in [2.75, 3.05) is 16.8 Å². The van der Waals surface area contributed by atoms with Gasteiger partial charge in [0.25, 0.3) is 0 Å². The Morgan fingerprint density at radius 2 is 2.14 bits per heavy atom. The molecule has 0 saturated carbocycles. The minimum atomic E-state index is -0.502. The van der Waals surface area contributed by atoms with Crippen LogP contribution in [0.3, 0.4) is 0 Å². The first kappa shape index (κ1) is 18.8. The van der Waals surface area contributed by atoms with Gasteiger partial charge in [0.05, 0.1) is 11.2 Å². The number of nitrogens with one attached hydrogen (secondary N) is 2. The monoisotopic (exact) mass is 411 g/mol. The van der Waals surface area contributed by atoms with Gasteiger partial charge in [0.2, 0.25) is 11.9 Å². The number of hydrogen-bond donors (Lipinski definition) is 2. The Morgan fingerprint density at radius 1 is 1.28 bits per heavy atom. The van der Waals surface area contributed by atoms with Gasteiger partial charge in [0, 0.05) is 31.1 Å². The van der Waals surface area contributed by atoms with E-state index in [0.717, 1.165) is 0 Å².